The Morgan fingerprint density at radius 2 is 1.75 bits per heavy atom. The molecule has 0 bridgehead atoms. The Labute approximate surface area is 121 Å². The van der Waals surface area contributed by atoms with Gasteiger partial charge in [-0.25, -0.2) is 4.79 Å². The monoisotopic (exact) mass is 290 g/mol. The van der Waals surface area contributed by atoms with Crippen LogP contribution < -0.4 is 11.5 Å². The highest BCUT2D eigenvalue weighted by Crippen LogP contribution is 2.21. The fraction of sp³-hybridized carbons (Fsp3) is 0.857. The lowest BCUT2D eigenvalue weighted by Crippen LogP contribution is -2.65. The molecule has 0 aromatic heterocycles. The number of rotatable bonds is 10. The molecular formula is C14H30N2O4+2. The molecule has 0 spiro atoms. The minimum atomic E-state index is -0.493. The molecule has 0 heterocycles. The topological polar surface area (TPSA) is 108 Å². The highest BCUT2D eigenvalue weighted by atomic mass is 16.6. The summed E-state index contributed by atoms with van der Waals surface area (Å²) in [6.07, 6.45) is 3.32. The summed E-state index contributed by atoms with van der Waals surface area (Å²) in [7, 11) is 0. The Kier molecular flexibility index (Phi) is 9.16. The molecule has 6 heteroatoms. The van der Waals surface area contributed by atoms with E-state index in [9.17, 15) is 9.59 Å². The molecule has 6 N–H and O–H groups in total. The largest absolute Gasteiger partial charge is 0.462 e. The number of hydrogen-bond acceptors (Lipinski definition) is 4. The minimum Gasteiger partial charge on any atom is -0.462 e. The van der Waals surface area contributed by atoms with Gasteiger partial charge >= 0.3 is 11.9 Å². The van der Waals surface area contributed by atoms with Crippen molar-refractivity contribution in [2.24, 2.45) is 5.41 Å². The summed E-state index contributed by atoms with van der Waals surface area (Å²) in [6, 6.07) is -0.357. The van der Waals surface area contributed by atoms with Gasteiger partial charge in [0.25, 0.3) is 0 Å². The van der Waals surface area contributed by atoms with E-state index in [1.165, 1.54) is 0 Å². The van der Waals surface area contributed by atoms with Crippen LogP contribution in [0.1, 0.15) is 46.5 Å². The molecule has 20 heavy (non-hydrogen) atoms. The van der Waals surface area contributed by atoms with Crippen molar-refractivity contribution in [1.29, 1.82) is 0 Å². The molecule has 0 saturated heterocycles. The number of ether oxygens (including phenoxy) is 2. The molecule has 118 valence electrons. The van der Waals surface area contributed by atoms with E-state index < -0.39 is 5.41 Å². The zero-order valence-electron chi connectivity index (χ0n) is 13.1. The van der Waals surface area contributed by atoms with Crippen molar-refractivity contribution >= 4 is 11.9 Å². The maximum absolute atomic E-state index is 11.7. The van der Waals surface area contributed by atoms with Crippen molar-refractivity contribution in [2.45, 2.75) is 52.5 Å². The van der Waals surface area contributed by atoms with Crippen LogP contribution in [0, 0.1) is 5.41 Å². The molecule has 0 aliphatic carbocycles. The third-order valence-electron chi connectivity index (χ3n) is 3.38. The van der Waals surface area contributed by atoms with Crippen LogP contribution in [-0.2, 0) is 19.1 Å². The van der Waals surface area contributed by atoms with Gasteiger partial charge in [0.05, 0.1) is 12.0 Å². The van der Waals surface area contributed by atoms with Gasteiger partial charge in [0.15, 0.2) is 6.04 Å². The van der Waals surface area contributed by atoms with Gasteiger partial charge in [-0.2, -0.15) is 0 Å². The van der Waals surface area contributed by atoms with Crippen LogP contribution in [0.4, 0.5) is 0 Å². The van der Waals surface area contributed by atoms with E-state index >= 15 is 0 Å². The predicted molar refractivity (Wildman–Crippen MR) is 74.3 cm³/mol. The lowest BCUT2D eigenvalue weighted by atomic mass is 9.91. The van der Waals surface area contributed by atoms with Crippen LogP contribution >= 0.6 is 0 Å². The Bertz CT molecular complexity index is 306. The van der Waals surface area contributed by atoms with E-state index in [2.05, 4.69) is 11.5 Å². The first-order valence-corrected chi connectivity index (χ1v) is 7.31. The van der Waals surface area contributed by atoms with Gasteiger partial charge in [-0.3, -0.25) is 4.79 Å². The zero-order chi connectivity index (χ0) is 15.6. The number of esters is 2. The molecule has 0 aromatic carbocycles. The lowest BCUT2D eigenvalue weighted by Gasteiger charge is -2.20. The molecule has 0 rings (SSSR count). The zero-order valence-corrected chi connectivity index (χ0v) is 13.1. The normalized spacial score (nSPS) is 12.8. The molecule has 1 atom stereocenters. The highest BCUT2D eigenvalue weighted by molar-refractivity contribution is 5.76. The van der Waals surface area contributed by atoms with E-state index in [1.807, 2.05) is 20.8 Å². The van der Waals surface area contributed by atoms with Crippen LogP contribution in [-0.4, -0.2) is 37.7 Å². The summed E-state index contributed by atoms with van der Waals surface area (Å²) in [4.78, 5) is 23.3. The van der Waals surface area contributed by atoms with Gasteiger partial charge in [0, 0.05) is 6.42 Å². The SMILES string of the molecule is CCC(C)(C)C(=O)OCCOC(=O)C([NH3+])CCCC[NH3+]. The van der Waals surface area contributed by atoms with E-state index in [0.29, 0.717) is 12.8 Å². The van der Waals surface area contributed by atoms with Gasteiger partial charge in [0.1, 0.15) is 13.2 Å². The van der Waals surface area contributed by atoms with Crippen LogP contribution in [0.15, 0.2) is 0 Å². The summed E-state index contributed by atoms with van der Waals surface area (Å²) >= 11 is 0. The Balaban J connectivity index is 3.79. The van der Waals surface area contributed by atoms with E-state index in [0.717, 1.165) is 19.4 Å². The Morgan fingerprint density at radius 1 is 1.15 bits per heavy atom. The molecule has 0 amide bonds. The fourth-order valence-electron chi connectivity index (χ4n) is 1.42. The molecule has 0 aliphatic heterocycles. The molecule has 0 radical (unpaired) electrons. The quantitative estimate of drug-likeness (QED) is 0.419. The fourth-order valence-corrected chi connectivity index (χ4v) is 1.42. The molecule has 1 unspecified atom stereocenters. The summed E-state index contributed by atoms with van der Waals surface area (Å²) in [5.74, 6) is -0.600. The smallest absolute Gasteiger partial charge is 0.364 e. The van der Waals surface area contributed by atoms with Gasteiger partial charge < -0.3 is 20.9 Å². The first-order valence-electron chi connectivity index (χ1n) is 7.31. The number of quaternary nitrogens is 2. The molecular weight excluding hydrogens is 260 g/mol. The summed E-state index contributed by atoms with van der Waals surface area (Å²) in [5.41, 5.74) is 7.03. The van der Waals surface area contributed by atoms with Gasteiger partial charge in [0.2, 0.25) is 0 Å². The third-order valence-corrected chi connectivity index (χ3v) is 3.38. The first-order chi connectivity index (χ1) is 9.35. The molecule has 0 aromatic rings. The highest BCUT2D eigenvalue weighted by Gasteiger charge is 2.27. The van der Waals surface area contributed by atoms with Gasteiger partial charge in [-0.05, 0) is 33.1 Å². The standard InChI is InChI=1S/C14H28N2O4/c1-4-14(2,3)13(18)20-10-9-19-12(17)11(16)7-5-6-8-15/h11H,4-10,15-16H2,1-3H3/p+2. The van der Waals surface area contributed by atoms with Crippen molar-refractivity contribution in [3.05, 3.63) is 0 Å². The third kappa shape index (κ3) is 7.45. The second-order valence-electron chi connectivity index (χ2n) is 5.59. The van der Waals surface area contributed by atoms with Crippen molar-refractivity contribution < 1.29 is 30.5 Å². The van der Waals surface area contributed by atoms with Crippen molar-refractivity contribution in [3.63, 3.8) is 0 Å². The number of unbranched alkanes of at least 4 members (excludes halogenated alkanes) is 1. The lowest BCUT2D eigenvalue weighted by molar-refractivity contribution is -0.410. The average Bonchev–Trinajstić information content (AvgIpc) is 2.42. The van der Waals surface area contributed by atoms with Gasteiger partial charge in [-0.1, -0.05) is 6.92 Å². The number of carbonyl (C=O) groups is 2. The van der Waals surface area contributed by atoms with Crippen LogP contribution in [0.2, 0.25) is 0 Å². The van der Waals surface area contributed by atoms with E-state index in [4.69, 9.17) is 9.47 Å². The second-order valence-corrected chi connectivity index (χ2v) is 5.59. The van der Waals surface area contributed by atoms with Crippen LogP contribution in [0.5, 0.6) is 0 Å². The number of hydrogen-bond donors (Lipinski definition) is 2. The average molecular weight is 290 g/mol. The summed E-state index contributed by atoms with van der Waals surface area (Å²) < 4.78 is 10.1. The van der Waals surface area contributed by atoms with Crippen LogP contribution in [0.3, 0.4) is 0 Å². The van der Waals surface area contributed by atoms with E-state index in [-0.39, 0.29) is 31.2 Å². The molecule has 6 nitrogen and oxygen atoms in total. The molecule has 0 fully saturated rings. The van der Waals surface area contributed by atoms with Crippen molar-refractivity contribution in [3.8, 4) is 0 Å². The van der Waals surface area contributed by atoms with E-state index in [1.54, 1.807) is 0 Å². The summed E-state index contributed by atoms with van der Waals surface area (Å²) in [6.45, 7) is 6.64. The van der Waals surface area contributed by atoms with Crippen molar-refractivity contribution in [2.75, 3.05) is 19.8 Å². The molecule has 0 aliphatic rings. The minimum absolute atomic E-state index is 0.0890. The summed E-state index contributed by atoms with van der Waals surface area (Å²) in [5, 5.41) is 0. The van der Waals surface area contributed by atoms with Crippen molar-refractivity contribution in [1.82, 2.24) is 0 Å². The molecule has 0 saturated carbocycles. The maximum atomic E-state index is 11.7. The van der Waals surface area contributed by atoms with Crippen LogP contribution in [0.25, 0.3) is 0 Å². The Morgan fingerprint density at radius 3 is 2.30 bits per heavy atom. The maximum Gasteiger partial charge on any atom is 0.364 e. The predicted octanol–water partition coefficient (Wildman–Crippen LogP) is -0.468. The van der Waals surface area contributed by atoms with Gasteiger partial charge in [-0.15, -0.1) is 0 Å². The Hall–Kier alpha value is -1.14. The second kappa shape index (κ2) is 9.72. The number of carbonyl (C=O) groups excluding carboxylic acids is 2. The first kappa shape index (κ1) is 18.9.